The van der Waals surface area contributed by atoms with E-state index >= 15 is 0 Å². The van der Waals surface area contributed by atoms with Gasteiger partial charge in [-0.3, -0.25) is 14.9 Å². The summed E-state index contributed by atoms with van der Waals surface area (Å²) in [5.74, 6) is -1.01. The van der Waals surface area contributed by atoms with Crippen molar-refractivity contribution in [3.8, 4) is 11.5 Å². The molecule has 0 saturated carbocycles. The van der Waals surface area contributed by atoms with Crippen molar-refractivity contribution in [2.75, 3.05) is 0 Å². The van der Waals surface area contributed by atoms with Gasteiger partial charge in [-0.05, 0) is 36.2 Å². The Morgan fingerprint density at radius 1 is 1.22 bits per heavy atom. The number of carbonyl (C=O) groups is 1. The highest BCUT2D eigenvalue weighted by molar-refractivity contribution is 6.32. The Labute approximate surface area is 156 Å². The zero-order valence-corrected chi connectivity index (χ0v) is 14.4. The second-order valence-electron chi connectivity index (χ2n) is 5.60. The molecule has 0 amide bonds. The van der Waals surface area contributed by atoms with Crippen molar-refractivity contribution in [1.82, 2.24) is 0 Å². The van der Waals surface area contributed by atoms with Crippen molar-refractivity contribution < 1.29 is 32.7 Å². The molecule has 0 aliphatic carbocycles. The number of hydrogen-bond acceptors (Lipinski definition) is 4. The maximum atomic E-state index is 12.3. The van der Waals surface area contributed by atoms with E-state index in [-0.39, 0.29) is 34.2 Å². The lowest BCUT2D eigenvalue weighted by atomic mass is 10.1. The van der Waals surface area contributed by atoms with E-state index in [0.717, 1.165) is 6.07 Å². The number of benzene rings is 2. The third-order valence-electron chi connectivity index (χ3n) is 3.51. The van der Waals surface area contributed by atoms with Gasteiger partial charge in [-0.2, -0.15) is 13.2 Å². The quantitative estimate of drug-likeness (QED) is 0.509. The van der Waals surface area contributed by atoms with Gasteiger partial charge in [0.2, 0.25) is 0 Å². The number of aliphatic carboxylic acids is 1. The minimum atomic E-state index is -4.28. The normalized spacial score (nSPS) is 11.3. The van der Waals surface area contributed by atoms with E-state index in [1.165, 1.54) is 30.3 Å². The smallest absolute Gasteiger partial charge is 0.389 e. The summed E-state index contributed by atoms with van der Waals surface area (Å²) in [6, 6.07) is 7.74. The van der Waals surface area contributed by atoms with Crippen LogP contribution >= 0.6 is 11.6 Å². The molecule has 0 saturated heterocycles. The summed E-state index contributed by atoms with van der Waals surface area (Å²) >= 11 is 6.03. The predicted molar refractivity (Wildman–Crippen MR) is 90.3 cm³/mol. The molecule has 0 aliphatic heterocycles. The molecule has 0 radical (unpaired) electrons. The van der Waals surface area contributed by atoms with E-state index in [0.29, 0.717) is 5.56 Å². The predicted octanol–water partition coefficient (Wildman–Crippen LogP) is 5.16. The molecule has 6 nitrogen and oxygen atoms in total. The van der Waals surface area contributed by atoms with E-state index in [4.69, 9.17) is 21.4 Å². The van der Waals surface area contributed by atoms with Crippen LogP contribution in [0.1, 0.15) is 17.5 Å². The number of nitrogens with zero attached hydrogens (tertiary/aromatic N) is 1. The Morgan fingerprint density at radius 2 is 1.93 bits per heavy atom. The fourth-order valence-electron chi connectivity index (χ4n) is 2.30. The van der Waals surface area contributed by atoms with Gasteiger partial charge < -0.3 is 9.84 Å². The zero-order chi connectivity index (χ0) is 20.2. The van der Waals surface area contributed by atoms with Gasteiger partial charge >= 0.3 is 12.1 Å². The number of carboxylic acid groups (broad SMARTS) is 1. The van der Waals surface area contributed by atoms with Crippen molar-refractivity contribution in [3.05, 3.63) is 62.7 Å². The molecule has 27 heavy (non-hydrogen) atoms. The first-order chi connectivity index (χ1) is 12.5. The lowest BCUT2D eigenvalue weighted by Crippen LogP contribution is -2.08. The van der Waals surface area contributed by atoms with E-state index < -0.39 is 29.9 Å². The third-order valence-corrected chi connectivity index (χ3v) is 3.81. The van der Waals surface area contributed by atoms with Gasteiger partial charge in [0.1, 0.15) is 11.5 Å². The highest BCUT2D eigenvalue weighted by Crippen LogP contribution is 2.33. The number of aryl methyl sites for hydroxylation is 1. The summed E-state index contributed by atoms with van der Waals surface area (Å²) in [5, 5.41) is 19.9. The summed E-state index contributed by atoms with van der Waals surface area (Å²) in [7, 11) is 0. The molecule has 0 aromatic heterocycles. The Hall–Kier alpha value is -2.81. The van der Waals surface area contributed by atoms with Crippen molar-refractivity contribution >= 4 is 23.3 Å². The Morgan fingerprint density at radius 3 is 2.48 bits per heavy atom. The number of rotatable bonds is 7. The summed E-state index contributed by atoms with van der Waals surface area (Å²) in [6.45, 7) is 0. The van der Waals surface area contributed by atoms with Crippen LogP contribution in [0.15, 0.2) is 36.4 Å². The van der Waals surface area contributed by atoms with Gasteiger partial charge in [-0.1, -0.05) is 17.7 Å². The second kappa shape index (κ2) is 8.26. The molecule has 0 unspecified atom stereocenters. The van der Waals surface area contributed by atoms with E-state index in [9.17, 15) is 28.1 Å². The number of carboxylic acids is 1. The first-order valence-electron chi connectivity index (χ1n) is 7.57. The average molecular weight is 404 g/mol. The van der Waals surface area contributed by atoms with Crippen molar-refractivity contribution in [3.63, 3.8) is 0 Å². The SMILES string of the molecule is O=C(O)Cc1cc(Oc2ccc(CCC(F)(F)F)cc2Cl)ccc1[N+](=O)[O-]. The molecule has 0 spiro atoms. The first-order valence-corrected chi connectivity index (χ1v) is 7.95. The molecule has 1 N–H and O–H groups in total. The topological polar surface area (TPSA) is 89.7 Å². The monoisotopic (exact) mass is 403 g/mol. The van der Waals surface area contributed by atoms with E-state index in [1.54, 1.807) is 0 Å². The fourth-order valence-corrected chi connectivity index (χ4v) is 2.55. The van der Waals surface area contributed by atoms with Crippen LogP contribution in [-0.2, 0) is 17.6 Å². The molecule has 0 atom stereocenters. The molecule has 10 heteroatoms. The molecule has 2 aromatic carbocycles. The maximum absolute atomic E-state index is 12.3. The number of ether oxygens (including phenoxy) is 1. The van der Waals surface area contributed by atoms with Crippen LogP contribution in [0.4, 0.5) is 18.9 Å². The van der Waals surface area contributed by atoms with Gasteiger partial charge in [0.15, 0.2) is 0 Å². The number of nitro groups is 1. The molecular weight excluding hydrogens is 391 g/mol. The van der Waals surface area contributed by atoms with E-state index in [1.807, 2.05) is 0 Å². The first kappa shape index (κ1) is 20.5. The molecule has 2 aromatic rings. The summed E-state index contributed by atoms with van der Waals surface area (Å²) < 4.78 is 42.3. The molecule has 2 rings (SSSR count). The largest absolute Gasteiger partial charge is 0.481 e. The molecule has 0 fully saturated rings. The number of hydrogen-bond donors (Lipinski definition) is 1. The van der Waals surface area contributed by atoms with Crippen LogP contribution in [0.5, 0.6) is 11.5 Å². The molecule has 0 bridgehead atoms. The van der Waals surface area contributed by atoms with E-state index in [2.05, 4.69) is 0 Å². The molecule has 0 aliphatic rings. The standard InChI is InChI=1S/C17H13ClF3NO5/c18-13-7-10(5-6-17(19,20)21)1-4-15(13)27-12-2-3-14(22(25)26)11(8-12)9-16(23)24/h1-4,7-8H,5-6,9H2,(H,23,24). The van der Waals surface area contributed by atoms with Gasteiger partial charge in [-0.15, -0.1) is 0 Å². The van der Waals surface area contributed by atoms with Crippen LogP contribution in [-0.4, -0.2) is 22.2 Å². The zero-order valence-electron chi connectivity index (χ0n) is 13.6. The van der Waals surface area contributed by atoms with Crippen LogP contribution in [0.25, 0.3) is 0 Å². The number of nitro benzene ring substituents is 1. The second-order valence-corrected chi connectivity index (χ2v) is 6.01. The average Bonchev–Trinajstić information content (AvgIpc) is 2.54. The van der Waals surface area contributed by atoms with Gasteiger partial charge in [0.25, 0.3) is 5.69 Å². The van der Waals surface area contributed by atoms with Crippen molar-refractivity contribution in [2.45, 2.75) is 25.4 Å². The summed E-state index contributed by atoms with van der Waals surface area (Å²) in [5.41, 5.74) is -0.0405. The third kappa shape index (κ3) is 6.14. The Kier molecular flexibility index (Phi) is 6.27. The number of halogens is 4. The highest BCUT2D eigenvalue weighted by atomic mass is 35.5. The minimum absolute atomic E-state index is 0.0529. The van der Waals surface area contributed by atoms with Crippen molar-refractivity contribution in [1.29, 1.82) is 0 Å². The lowest BCUT2D eigenvalue weighted by molar-refractivity contribution is -0.385. The minimum Gasteiger partial charge on any atom is -0.481 e. The van der Waals surface area contributed by atoms with Crippen LogP contribution in [0.2, 0.25) is 5.02 Å². The lowest BCUT2D eigenvalue weighted by Gasteiger charge is -2.11. The molecular formula is C17H13ClF3NO5. The van der Waals surface area contributed by atoms with Gasteiger partial charge in [0, 0.05) is 18.1 Å². The van der Waals surface area contributed by atoms with Crippen LogP contribution < -0.4 is 4.74 Å². The highest BCUT2D eigenvalue weighted by Gasteiger charge is 2.26. The van der Waals surface area contributed by atoms with Crippen LogP contribution in [0, 0.1) is 10.1 Å². The maximum Gasteiger partial charge on any atom is 0.389 e. The van der Waals surface area contributed by atoms with Crippen molar-refractivity contribution in [2.24, 2.45) is 0 Å². The molecule has 144 valence electrons. The molecule has 0 heterocycles. The fraction of sp³-hybridized carbons (Fsp3) is 0.235. The number of alkyl halides is 3. The van der Waals surface area contributed by atoms with Gasteiger partial charge in [0.05, 0.1) is 16.4 Å². The Bertz CT molecular complexity index is 870. The summed E-state index contributed by atoms with van der Waals surface area (Å²) in [4.78, 5) is 21.1. The van der Waals surface area contributed by atoms with Crippen LogP contribution in [0.3, 0.4) is 0 Å². The van der Waals surface area contributed by atoms with Gasteiger partial charge in [-0.25, -0.2) is 0 Å². The Balaban J connectivity index is 2.21. The summed E-state index contributed by atoms with van der Waals surface area (Å²) in [6.07, 6.45) is -6.06.